The van der Waals surface area contributed by atoms with Crippen LogP contribution < -0.4 is 5.32 Å². The van der Waals surface area contributed by atoms with Crippen molar-refractivity contribution in [2.24, 2.45) is 0 Å². The highest BCUT2D eigenvalue weighted by Crippen LogP contribution is 2.29. The Hall–Kier alpha value is 0.0800. The Morgan fingerprint density at radius 2 is 2.09 bits per heavy atom. The van der Waals surface area contributed by atoms with E-state index in [1.165, 1.54) is 0 Å². The van der Waals surface area contributed by atoms with Gasteiger partial charge in [-0.15, -0.1) is 12.4 Å². The molecule has 62 valence electrons. The lowest BCUT2D eigenvalue weighted by Crippen LogP contribution is -1.88. The smallest absolute Gasteiger partial charge is 0.0593 e. The molecular weight excluding hydrogens is 249 g/mol. The van der Waals surface area contributed by atoms with Gasteiger partial charge in [-0.2, -0.15) is 0 Å². The molecule has 0 aliphatic carbocycles. The minimum absolute atomic E-state index is 0. The highest BCUT2D eigenvalue weighted by Gasteiger charge is 1.99. The molecule has 0 aliphatic rings. The molecule has 0 atom stereocenters. The highest BCUT2D eigenvalue weighted by atomic mass is 79.9. The molecule has 0 heterocycles. The maximum absolute atomic E-state index is 5.81. The number of hydrogen-bond donors (Lipinski definition) is 1. The summed E-state index contributed by atoms with van der Waals surface area (Å²) >= 11 is 9.15. The van der Waals surface area contributed by atoms with E-state index in [0.29, 0.717) is 0 Å². The maximum atomic E-state index is 5.81. The topological polar surface area (TPSA) is 12.0 Å². The Labute approximate surface area is 85.7 Å². The number of benzene rings is 1. The van der Waals surface area contributed by atoms with E-state index in [2.05, 4.69) is 21.2 Å². The summed E-state index contributed by atoms with van der Waals surface area (Å²) in [6.07, 6.45) is 0. The van der Waals surface area contributed by atoms with Crippen LogP contribution in [0.15, 0.2) is 22.7 Å². The van der Waals surface area contributed by atoms with Crippen LogP contribution in [-0.4, -0.2) is 7.05 Å². The second-order valence-corrected chi connectivity index (χ2v) is 3.05. The van der Waals surface area contributed by atoms with Gasteiger partial charge in [0, 0.05) is 12.7 Å². The van der Waals surface area contributed by atoms with Crippen LogP contribution in [0.2, 0.25) is 5.02 Å². The van der Waals surface area contributed by atoms with Crippen molar-refractivity contribution in [1.29, 1.82) is 0 Å². The minimum Gasteiger partial charge on any atom is -0.387 e. The summed E-state index contributed by atoms with van der Waals surface area (Å²) in [6.45, 7) is 0. The van der Waals surface area contributed by atoms with E-state index in [0.717, 1.165) is 15.2 Å². The van der Waals surface area contributed by atoms with E-state index in [-0.39, 0.29) is 12.4 Å². The fourth-order valence-electron chi connectivity index (χ4n) is 0.697. The van der Waals surface area contributed by atoms with Crippen LogP contribution in [-0.2, 0) is 0 Å². The van der Waals surface area contributed by atoms with Crippen LogP contribution in [0.1, 0.15) is 0 Å². The molecule has 0 amide bonds. The lowest BCUT2D eigenvalue weighted by Gasteiger charge is -2.02. The predicted molar refractivity (Wildman–Crippen MR) is 55.9 cm³/mol. The Bertz CT molecular complexity index is 240. The van der Waals surface area contributed by atoms with Crippen molar-refractivity contribution in [2.75, 3.05) is 12.4 Å². The summed E-state index contributed by atoms with van der Waals surface area (Å²) in [5.74, 6) is 0. The van der Waals surface area contributed by atoms with E-state index < -0.39 is 0 Å². The first-order valence-corrected chi connectivity index (χ1v) is 4.04. The van der Waals surface area contributed by atoms with Gasteiger partial charge in [0.25, 0.3) is 0 Å². The molecule has 0 radical (unpaired) electrons. The predicted octanol–water partition coefficient (Wildman–Crippen LogP) is 3.57. The standard InChI is InChI=1S/C7H7BrClN.ClH/c1-10-6-4-2-3-5(9)7(6)8;/h2-4,10H,1H3;1H. The second kappa shape index (κ2) is 4.86. The summed E-state index contributed by atoms with van der Waals surface area (Å²) in [4.78, 5) is 0. The van der Waals surface area contributed by atoms with E-state index in [1.807, 2.05) is 25.2 Å². The van der Waals surface area contributed by atoms with Gasteiger partial charge in [-0.3, -0.25) is 0 Å². The van der Waals surface area contributed by atoms with Gasteiger partial charge in [0.1, 0.15) is 0 Å². The molecule has 11 heavy (non-hydrogen) atoms. The zero-order valence-corrected chi connectivity index (χ0v) is 9.05. The molecule has 0 saturated heterocycles. The molecule has 1 N–H and O–H groups in total. The van der Waals surface area contributed by atoms with Crippen molar-refractivity contribution >= 4 is 45.6 Å². The average Bonchev–Trinajstić information content (AvgIpc) is 1.95. The van der Waals surface area contributed by atoms with Crippen molar-refractivity contribution in [3.8, 4) is 0 Å². The third-order valence-electron chi connectivity index (χ3n) is 1.22. The van der Waals surface area contributed by atoms with E-state index in [9.17, 15) is 0 Å². The van der Waals surface area contributed by atoms with Crippen molar-refractivity contribution in [3.05, 3.63) is 27.7 Å². The molecule has 0 saturated carbocycles. The van der Waals surface area contributed by atoms with Crippen LogP contribution >= 0.6 is 39.9 Å². The van der Waals surface area contributed by atoms with Gasteiger partial charge >= 0.3 is 0 Å². The molecule has 0 unspecified atom stereocenters. The van der Waals surface area contributed by atoms with Crippen molar-refractivity contribution in [3.63, 3.8) is 0 Å². The van der Waals surface area contributed by atoms with Crippen LogP contribution in [0.25, 0.3) is 0 Å². The van der Waals surface area contributed by atoms with Gasteiger partial charge in [-0.1, -0.05) is 17.7 Å². The van der Waals surface area contributed by atoms with Crippen LogP contribution in [0, 0.1) is 0 Å². The number of nitrogens with one attached hydrogen (secondary N) is 1. The summed E-state index contributed by atoms with van der Waals surface area (Å²) in [5, 5.41) is 3.73. The molecule has 0 aliphatic heterocycles. The highest BCUT2D eigenvalue weighted by molar-refractivity contribution is 9.10. The lowest BCUT2D eigenvalue weighted by molar-refractivity contribution is 1.49. The van der Waals surface area contributed by atoms with Gasteiger partial charge in [0.05, 0.1) is 9.50 Å². The minimum atomic E-state index is 0. The van der Waals surface area contributed by atoms with E-state index in [1.54, 1.807) is 0 Å². The molecule has 0 bridgehead atoms. The van der Waals surface area contributed by atoms with Crippen molar-refractivity contribution in [2.45, 2.75) is 0 Å². The van der Waals surface area contributed by atoms with Gasteiger partial charge in [-0.05, 0) is 28.1 Å². The number of halogens is 3. The Morgan fingerprint density at radius 3 is 2.55 bits per heavy atom. The lowest BCUT2D eigenvalue weighted by atomic mass is 10.3. The largest absolute Gasteiger partial charge is 0.387 e. The zero-order chi connectivity index (χ0) is 7.56. The normalized spacial score (nSPS) is 8.64. The monoisotopic (exact) mass is 255 g/mol. The summed E-state index contributed by atoms with van der Waals surface area (Å²) in [5.41, 5.74) is 1.01. The maximum Gasteiger partial charge on any atom is 0.0593 e. The van der Waals surface area contributed by atoms with E-state index >= 15 is 0 Å². The zero-order valence-electron chi connectivity index (χ0n) is 5.90. The van der Waals surface area contributed by atoms with Crippen LogP contribution in [0.3, 0.4) is 0 Å². The second-order valence-electron chi connectivity index (χ2n) is 1.85. The SMILES string of the molecule is CNc1cccc(Cl)c1Br.Cl. The molecule has 1 nitrogen and oxygen atoms in total. The Balaban J connectivity index is 0.000001000. The fourth-order valence-corrected chi connectivity index (χ4v) is 1.33. The van der Waals surface area contributed by atoms with Gasteiger partial charge < -0.3 is 5.32 Å². The number of hydrogen-bond acceptors (Lipinski definition) is 1. The third-order valence-corrected chi connectivity index (χ3v) is 2.62. The van der Waals surface area contributed by atoms with E-state index in [4.69, 9.17) is 11.6 Å². The van der Waals surface area contributed by atoms with Gasteiger partial charge in [0.15, 0.2) is 0 Å². The first kappa shape index (κ1) is 11.1. The quantitative estimate of drug-likeness (QED) is 0.810. The molecule has 0 aromatic heterocycles. The fraction of sp³-hybridized carbons (Fsp3) is 0.143. The molecule has 0 fully saturated rings. The Morgan fingerprint density at radius 1 is 1.45 bits per heavy atom. The van der Waals surface area contributed by atoms with Crippen LogP contribution in [0.5, 0.6) is 0 Å². The molecule has 1 aromatic carbocycles. The van der Waals surface area contributed by atoms with Crippen molar-refractivity contribution in [1.82, 2.24) is 0 Å². The summed E-state index contributed by atoms with van der Waals surface area (Å²) < 4.78 is 0.916. The summed E-state index contributed by atoms with van der Waals surface area (Å²) in [6, 6.07) is 5.70. The third kappa shape index (κ3) is 2.55. The molecule has 1 aromatic rings. The van der Waals surface area contributed by atoms with Gasteiger partial charge in [-0.25, -0.2) is 0 Å². The first-order valence-electron chi connectivity index (χ1n) is 2.87. The molecule has 4 heteroatoms. The number of anilines is 1. The molecule has 0 spiro atoms. The van der Waals surface area contributed by atoms with Crippen LogP contribution in [0.4, 0.5) is 5.69 Å². The Kier molecular flexibility index (Phi) is 4.89. The molecular formula is C7H8BrCl2N. The summed E-state index contributed by atoms with van der Waals surface area (Å²) in [7, 11) is 1.86. The average molecular weight is 257 g/mol. The van der Waals surface area contributed by atoms with Gasteiger partial charge in [0.2, 0.25) is 0 Å². The number of rotatable bonds is 1. The van der Waals surface area contributed by atoms with Crippen molar-refractivity contribution < 1.29 is 0 Å². The molecule has 1 rings (SSSR count). The first-order chi connectivity index (χ1) is 4.75.